The molecule has 3 rings (SSSR count). The molecule has 1 aromatic heterocycles. The van der Waals surface area contributed by atoms with Crippen molar-refractivity contribution in [2.24, 2.45) is 5.73 Å². The van der Waals surface area contributed by atoms with Gasteiger partial charge in [-0.15, -0.1) is 5.10 Å². The number of H-pyrrole nitrogens is 1. The molecule has 2 aromatic rings. The van der Waals surface area contributed by atoms with Gasteiger partial charge in [0.1, 0.15) is 17.5 Å². The second-order valence-corrected chi connectivity index (χ2v) is 5.15. The molecule has 0 saturated carbocycles. The molecule has 112 valence electrons. The molecule has 0 aliphatic carbocycles. The molecule has 3 N–H and O–H groups in total. The molecule has 0 saturated heterocycles. The van der Waals surface area contributed by atoms with Crippen molar-refractivity contribution >= 4 is 0 Å². The highest BCUT2D eigenvalue weighted by Gasteiger charge is 2.34. The number of allylic oxidation sites excluding steroid dienone is 1. The number of fused-ring (bicyclic) bond motifs is 1. The summed E-state index contributed by atoms with van der Waals surface area (Å²) >= 11 is 0. The van der Waals surface area contributed by atoms with Crippen molar-refractivity contribution in [3.05, 3.63) is 58.4 Å². The van der Waals surface area contributed by atoms with Gasteiger partial charge in [-0.3, -0.25) is 5.10 Å². The number of ether oxygens (including phenoxy) is 1. The van der Waals surface area contributed by atoms with Crippen LogP contribution in [0.15, 0.2) is 35.7 Å². The summed E-state index contributed by atoms with van der Waals surface area (Å²) in [5.74, 6) is -0.296. The van der Waals surface area contributed by atoms with Gasteiger partial charge in [0.15, 0.2) is 0 Å². The fourth-order valence-electron chi connectivity index (χ4n) is 2.74. The minimum absolute atomic E-state index is 0.0406. The van der Waals surface area contributed by atoms with Gasteiger partial charge >= 0.3 is 0 Å². The maximum atomic E-state index is 13.2. The van der Waals surface area contributed by atoms with Crippen LogP contribution in [0.1, 0.15) is 36.1 Å². The highest BCUT2D eigenvalue weighted by molar-refractivity contribution is 5.55. The van der Waals surface area contributed by atoms with E-state index in [1.165, 1.54) is 12.1 Å². The van der Waals surface area contributed by atoms with E-state index in [4.69, 9.17) is 10.5 Å². The number of aromatic nitrogens is 2. The zero-order chi connectivity index (χ0) is 15.7. The third-order valence-electron chi connectivity index (χ3n) is 3.72. The monoisotopic (exact) mass is 298 g/mol. The van der Waals surface area contributed by atoms with E-state index in [9.17, 15) is 9.65 Å². The Hall–Kier alpha value is -2.81. The number of nitrogens with zero attached hydrogens (tertiary/aromatic N) is 2. The highest BCUT2D eigenvalue weighted by atomic mass is 19.1. The summed E-state index contributed by atoms with van der Waals surface area (Å²) < 4.78 is 18.7. The maximum Gasteiger partial charge on any atom is 0.244 e. The lowest BCUT2D eigenvalue weighted by Crippen LogP contribution is -2.21. The molecule has 0 unspecified atom stereocenters. The van der Waals surface area contributed by atoms with Gasteiger partial charge in [-0.2, -0.15) is 5.26 Å². The first-order chi connectivity index (χ1) is 10.7. The maximum absolute atomic E-state index is 13.2. The first-order valence-electron chi connectivity index (χ1n) is 7.05. The van der Waals surface area contributed by atoms with Crippen molar-refractivity contribution in [2.75, 3.05) is 0 Å². The van der Waals surface area contributed by atoms with E-state index < -0.39 is 5.92 Å². The molecule has 1 aromatic carbocycles. The van der Waals surface area contributed by atoms with E-state index in [1.54, 1.807) is 12.1 Å². The Kier molecular flexibility index (Phi) is 3.55. The standard InChI is InChI=1S/C16H15FN4O/c1-2-3-12-14-13(9-4-6-10(17)7-5-9)11(8-18)15(19)22-16(14)21-20-12/h4-7,13H,2-3,19H2,1H3,(H,20,21)/t13-/m1/s1. The number of benzene rings is 1. The summed E-state index contributed by atoms with van der Waals surface area (Å²) in [6.07, 6.45) is 1.70. The van der Waals surface area contributed by atoms with Gasteiger partial charge < -0.3 is 10.5 Å². The minimum Gasteiger partial charge on any atom is -0.420 e. The van der Waals surface area contributed by atoms with Gasteiger partial charge in [-0.05, 0) is 24.1 Å². The summed E-state index contributed by atoms with van der Waals surface area (Å²) in [6, 6.07) is 8.16. The van der Waals surface area contributed by atoms with Crippen molar-refractivity contribution in [1.29, 1.82) is 5.26 Å². The zero-order valence-electron chi connectivity index (χ0n) is 12.1. The summed E-state index contributed by atoms with van der Waals surface area (Å²) in [6.45, 7) is 2.05. The van der Waals surface area contributed by atoms with Crippen molar-refractivity contribution in [2.45, 2.75) is 25.7 Å². The number of aryl methyl sites for hydroxylation is 1. The number of hydrogen-bond acceptors (Lipinski definition) is 4. The second-order valence-electron chi connectivity index (χ2n) is 5.15. The lowest BCUT2D eigenvalue weighted by Gasteiger charge is -2.24. The molecule has 2 heterocycles. The molecule has 1 aliphatic heterocycles. The molecule has 22 heavy (non-hydrogen) atoms. The molecule has 0 radical (unpaired) electrons. The molecule has 1 atom stereocenters. The van der Waals surface area contributed by atoms with E-state index >= 15 is 0 Å². The van der Waals surface area contributed by atoms with Crippen LogP contribution in [0.4, 0.5) is 4.39 Å². The van der Waals surface area contributed by atoms with Crippen LogP contribution in [-0.2, 0) is 6.42 Å². The molecular formula is C16H15FN4O. The van der Waals surface area contributed by atoms with Crippen molar-refractivity contribution in [1.82, 2.24) is 10.2 Å². The number of nitrogens with one attached hydrogen (secondary N) is 1. The van der Waals surface area contributed by atoms with Gasteiger partial charge in [0, 0.05) is 11.3 Å². The largest absolute Gasteiger partial charge is 0.420 e. The normalized spacial score (nSPS) is 16.9. The number of aromatic amines is 1. The first-order valence-corrected chi connectivity index (χ1v) is 7.05. The Labute approximate surface area is 127 Å². The number of nitriles is 1. The molecule has 6 heteroatoms. The molecule has 0 amide bonds. The van der Waals surface area contributed by atoms with Gasteiger partial charge in [-0.1, -0.05) is 25.5 Å². The number of halogens is 1. The van der Waals surface area contributed by atoms with Gasteiger partial charge in [0.05, 0.1) is 5.92 Å². The van der Waals surface area contributed by atoms with E-state index in [0.717, 1.165) is 29.7 Å². The quantitative estimate of drug-likeness (QED) is 0.912. The molecule has 5 nitrogen and oxygen atoms in total. The third kappa shape index (κ3) is 2.21. The predicted molar refractivity (Wildman–Crippen MR) is 78.3 cm³/mol. The van der Waals surface area contributed by atoms with Crippen LogP contribution in [0, 0.1) is 17.1 Å². The average molecular weight is 298 g/mol. The van der Waals surface area contributed by atoms with E-state index in [2.05, 4.69) is 23.2 Å². The molecule has 0 fully saturated rings. The number of rotatable bonds is 3. The Morgan fingerprint density at radius 3 is 2.77 bits per heavy atom. The number of hydrogen-bond donors (Lipinski definition) is 2. The van der Waals surface area contributed by atoms with E-state index in [1.807, 2.05) is 0 Å². The fourth-order valence-corrected chi connectivity index (χ4v) is 2.74. The van der Waals surface area contributed by atoms with Crippen molar-refractivity contribution in [3.8, 4) is 11.9 Å². The Bertz CT molecular complexity index is 770. The Morgan fingerprint density at radius 2 is 2.14 bits per heavy atom. The van der Waals surface area contributed by atoms with Gasteiger partial charge in [-0.25, -0.2) is 4.39 Å². The molecular weight excluding hydrogens is 283 g/mol. The van der Waals surface area contributed by atoms with Crippen LogP contribution >= 0.6 is 0 Å². The Balaban J connectivity index is 2.19. The number of nitrogens with two attached hydrogens (primary N) is 1. The van der Waals surface area contributed by atoms with E-state index in [-0.39, 0.29) is 11.7 Å². The van der Waals surface area contributed by atoms with Crippen LogP contribution in [-0.4, -0.2) is 10.2 Å². The van der Waals surface area contributed by atoms with Crippen LogP contribution in [0.25, 0.3) is 0 Å². The Morgan fingerprint density at radius 1 is 1.41 bits per heavy atom. The van der Waals surface area contributed by atoms with Crippen LogP contribution in [0.5, 0.6) is 5.88 Å². The topological polar surface area (TPSA) is 87.7 Å². The zero-order valence-corrected chi connectivity index (χ0v) is 12.1. The molecule has 0 spiro atoms. The highest BCUT2D eigenvalue weighted by Crippen LogP contribution is 2.42. The van der Waals surface area contributed by atoms with E-state index in [0.29, 0.717) is 11.5 Å². The lowest BCUT2D eigenvalue weighted by molar-refractivity contribution is 0.378. The SMILES string of the molecule is CCCc1[nH]nc2c1[C@H](c1ccc(F)cc1)C(C#N)=C(N)O2. The molecule has 1 aliphatic rings. The van der Waals surface area contributed by atoms with Gasteiger partial charge in [0.25, 0.3) is 0 Å². The second kappa shape index (κ2) is 5.53. The molecule has 0 bridgehead atoms. The third-order valence-corrected chi connectivity index (χ3v) is 3.72. The predicted octanol–water partition coefficient (Wildman–Crippen LogP) is 2.72. The van der Waals surface area contributed by atoms with Gasteiger partial charge in [0.2, 0.25) is 11.8 Å². The van der Waals surface area contributed by atoms with Crippen LogP contribution in [0.2, 0.25) is 0 Å². The average Bonchev–Trinajstić information content (AvgIpc) is 2.90. The summed E-state index contributed by atoms with van der Waals surface area (Å²) in [5.41, 5.74) is 8.67. The van der Waals surface area contributed by atoms with Crippen LogP contribution < -0.4 is 10.5 Å². The fraction of sp³-hybridized carbons (Fsp3) is 0.250. The first kappa shape index (κ1) is 14.1. The summed E-state index contributed by atoms with van der Waals surface area (Å²) in [5, 5.41) is 16.6. The minimum atomic E-state index is -0.394. The smallest absolute Gasteiger partial charge is 0.244 e. The summed E-state index contributed by atoms with van der Waals surface area (Å²) in [4.78, 5) is 0. The van der Waals surface area contributed by atoms with Crippen molar-refractivity contribution < 1.29 is 9.13 Å². The van der Waals surface area contributed by atoms with Crippen LogP contribution in [0.3, 0.4) is 0 Å². The lowest BCUT2D eigenvalue weighted by atomic mass is 9.83. The van der Waals surface area contributed by atoms with Crippen molar-refractivity contribution in [3.63, 3.8) is 0 Å². The summed E-state index contributed by atoms with van der Waals surface area (Å²) in [7, 11) is 0.